The van der Waals surface area contributed by atoms with E-state index < -0.39 is 11.6 Å². The number of aryl methyl sites for hydroxylation is 1. The lowest BCUT2D eigenvalue weighted by Crippen LogP contribution is -2.56. The Morgan fingerprint density at radius 1 is 1.52 bits per heavy atom. The monoisotopic (exact) mass is 322 g/mol. The number of carbonyl (C=O) groups excluding carboxylic acids is 1. The minimum Gasteiger partial charge on any atom is -0.388 e. The average molecular weight is 322 g/mol. The first-order valence-electron chi connectivity index (χ1n) is 8.07. The first kappa shape index (κ1) is 16.2. The van der Waals surface area contributed by atoms with Gasteiger partial charge in [0, 0.05) is 43.7 Å². The van der Waals surface area contributed by atoms with Crippen LogP contribution in [0.15, 0.2) is 12.1 Å². The summed E-state index contributed by atoms with van der Waals surface area (Å²) in [6.45, 7) is 4.57. The standard InChI is InChI=1S/C17H23FN2O3/c1-3-23-11-7-17(22,8-11)9-19-16(21)15-6-12-13(18)4-10(2)5-14(12)20-15/h4-5,11,15,20,22H,3,6-9H2,1-2H3,(H,19,21). The van der Waals surface area contributed by atoms with Gasteiger partial charge in [-0.15, -0.1) is 0 Å². The largest absolute Gasteiger partial charge is 0.388 e. The van der Waals surface area contributed by atoms with Crippen LogP contribution in [0.5, 0.6) is 0 Å². The fraction of sp³-hybridized carbons (Fsp3) is 0.588. The summed E-state index contributed by atoms with van der Waals surface area (Å²) in [6, 6.07) is 2.83. The minimum atomic E-state index is -0.886. The van der Waals surface area contributed by atoms with E-state index in [-0.39, 0.29) is 24.4 Å². The predicted molar refractivity (Wildman–Crippen MR) is 84.9 cm³/mol. The van der Waals surface area contributed by atoms with E-state index in [0.717, 1.165) is 5.56 Å². The van der Waals surface area contributed by atoms with E-state index in [1.54, 1.807) is 0 Å². The van der Waals surface area contributed by atoms with Gasteiger partial charge in [-0.3, -0.25) is 4.79 Å². The molecular formula is C17H23FN2O3. The lowest BCUT2D eigenvalue weighted by molar-refractivity contribution is -0.141. The molecule has 0 bridgehead atoms. The highest BCUT2D eigenvalue weighted by molar-refractivity contribution is 5.87. The van der Waals surface area contributed by atoms with E-state index in [2.05, 4.69) is 10.6 Å². The number of amides is 1. The quantitative estimate of drug-likeness (QED) is 0.769. The summed E-state index contributed by atoms with van der Waals surface area (Å²) < 4.78 is 19.3. The maximum atomic E-state index is 13.9. The van der Waals surface area contributed by atoms with Crippen molar-refractivity contribution in [3.05, 3.63) is 29.1 Å². The smallest absolute Gasteiger partial charge is 0.242 e. The van der Waals surface area contributed by atoms with Crippen LogP contribution in [0.1, 0.15) is 30.9 Å². The first-order chi connectivity index (χ1) is 10.9. The molecule has 1 aliphatic heterocycles. The van der Waals surface area contributed by atoms with Gasteiger partial charge in [0.05, 0.1) is 11.7 Å². The maximum Gasteiger partial charge on any atom is 0.242 e. The molecule has 1 aromatic rings. The van der Waals surface area contributed by atoms with Gasteiger partial charge in [0.1, 0.15) is 11.9 Å². The SMILES string of the molecule is CCOC1CC(O)(CNC(=O)C2Cc3c(F)cc(C)cc3N2)C1. The molecule has 6 heteroatoms. The Kier molecular flexibility index (Phi) is 4.29. The second kappa shape index (κ2) is 6.09. The summed E-state index contributed by atoms with van der Waals surface area (Å²) >= 11 is 0. The molecule has 2 aliphatic rings. The number of halogens is 1. The van der Waals surface area contributed by atoms with Crippen LogP contribution >= 0.6 is 0 Å². The molecule has 1 fully saturated rings. The summed E-state index contributed by atoms with van der Waals surface area (Å²) in [7, 11) is 0. The fourth-order valence-electron chi connectivity index (χ4n) is 3.37. The normalized spacial score (nSPS) is 28.7. The van der Waals surface area contributed by atoms with Gasteiger partial charge in [0.25, 0.3) is 0 Å². The minimum absolute atomic E-state index is 0.0767. The zero-order valence-electron chi connectivity index (χ0n) is 13.5. The number of benzene rings is 1. The van der Waals surface area contributed by atoms with E-state index in [4.69, 9.17) is 4.74 Å². The van der Waals surface area contributed by atoms with Gasteiger partial charge < -0.3 is 20.5 Å². The zero-order valence-corrected chi connectivity index (χ0v) is 13.5. The van der Waals surface area contributed by atoms with Crippen LogP contribution in [0.25, 0.3) is 0 Å². The number of hydrogen-bond donors (Lipinski definition) is 3. The first-order valence-corrected chi connectivity index (χ1v) is 8.07. The molecule has 0 spiro atoms. The lowest BCUT2D eigenvalue weighted by Gasteiger charge is -2.43. The number of hydrogen-bond acceptors (Lipinski definition) is 4. The summed E-state index contributed by atoms with van der Waals surface area (Å²) in [5.41, 5.74) is 1.17. The van der Waals surface area contributed by atoms with Crippen molar-refractivity contribution in [2.45, 2.75) is 50.9 Å². The van der Waals surface area contributed by atoms with Gasteiger partial charge in [-0.2, -0.15) is 0 Å². The topological polar surface area (TPSA) is 70.6 Å². The number of rotatable bonds is 5. The van der Waals surface area contributed by atoms with E-state index in [1.807, 2.05) is 19.9 Å². The Morgan fingerprint density at radius 2 is 2.26 bits per heavy atom. The fourth-order valence-corrected chi connectivity index (χ4v) is 3.37. The average Bonchev–Trinajstić information content (AvgIpc) is 2.87. The third-order valence-corrected chi connectivity index (χ3v) is 4.60. The van der Waals surface area contributed by atoms with Crippen molar-refractivity contribution in [2.75, 3.05) is 18.5 Å². The maximum absolute atomic E-state index is 13.9. The highest BCUT2D eigenvalue weighted by Crippen LogP contribution is 2.34. The molecule has 1 unspecified atom stereocenters. The molecule has 1 saturated carbocycles. The molecule has 23 heavy (non-hydrogen) atoms. The van der Waals surface area contributed by atoms with Crippen molar-refractivity contribution in [2.24, 2.45) is 0 Å². The van der Waals surface area contributed by atoms with E-state index in [0.29, 0.717) is 37.1 Å². The Balaban J connectivity index is 1.52. The number of fused-ring (bicyclic) bond motifs is 1. The number of carbonyl (C=O) groups is 1. The molecule has 3 N–H and O–H groups in total. The van der Waals surface area contributed by atoms with Crippen molar-refractivity contribution in [3.8, 4) is 0 Å². The predicted octanol–water partition coefficient (Wildman–Crippen LogP) is 1.52. The van der Waals surface area contributed by atoms with Crippen molar-refractivity contribution in [3.63, 3.8) is 0 Å². The van der Waals surface area contributed by atoms with E-state index >= 15 is 0 Å². The zero-order chi connectivity index (χ0) is 16.6. The van der Waals surface area contributed by atoms with Gasteiger partial charge in [-0.1, -0.05) is 0 Å². The Bertz CT molecular complexity index is 614. The Morgan fingerprint density at radius 3 is 2.96 bits per heavy atom. The van der Waals surface area contributed by atoms with Gasteiger partial charge >= 0.3 is 0 Å². The van der Waals surface area contributed by atoms with Crippen molar-refractivity contribution >= 4 is 11.6 Å². The Labute approximate surface area is 135 Å². The highest BCUT2D eigenvalue weighted by Gasteiger charge is 2.43. The van der Waals surface area contributed by atoms with Crippen LogP contribution in [-0.2, 0) is 16.0 Å². The number of nitrogens with one attached hydrogen (secondary N) is 2. The highest BCUT2D eigenvalue weighted by atomic mass is 19.1. The van der Waals surface area contributed by atoms with Gasteiger partial charge in [-0.05, 0) is 31.5 Å². The molecule has 1 heterocycles. The molecule has 0 aromatic heterocycles. The third kappa shape index (κ3) is 3.33. The van der Waals surface area contributed by atoms with Crippen molar-refractivity contribution in [1.82, 2.24) is 5.32 Å². The van der Waals surface area contributed by atoms with Crippen LogP contribution < -0.4 is 10.6 Å². The second-order valence-corrected chi connectivity index (χ2v) is 6.60. The molecule has 0 saturated heterocycles. The molecule has 0 radical (unpaired) electrons. The molecule has 3 rings (SSSR count). The number of anilines is 1. The van der Waals surface area contributed by atoms with E-state index in [9.17, 15) is 14.3 Å². The van der Waals surface area contributed by atoms with Gasteiger partial charge in [0.2, 0.25) is 5.91 Å². The lowest BCUT2D eigenvalue weighted by atomic mass is 9.77. The van der Waals surface area contributed by atoms with Crippen LogP contribution in [0, 0.1) is 12.7 Å². The molecule has 126 valence electrons. The van der Waals surface area contributed by atoms with Crippen molar-refractivity contribution < 1.29 is 19.0 Å². The van der Waals surface area contributed by atoms with Crippen LogP contribution in [-0.4, -0.2) is 41.9 Å². The molecule has 5 nitrogen and oxygen atoms in total. The number of ether oxygens (including phenoxy) is 1. The molecule has 1 atom stereocenters. The van der Waals surface area contributed by atoms with Gasteiger partial charge in [0.15, 0.2) is 0 Å². The van der Waals surface area contributed by atoms with Crippen molar-refractivity contribution in [1.29, 1.82) is 0 Å². The Hall–Kier alpha value is -1.66. The summed E-state index contributed by atoms with van der Waals surface area (Å²) in [4.78, 5) is 12.3. The summed E-state index contributed by atoms with van der Waals surface area (Å²) in [5.74, 6) is -0.494. The van der Waals surface area contributed by atoms with Gasteiger partial charge in [-0.25, -0.2) is 4.39 Å². The summed E-state index contributed by atoms with van der Waals surface area (Å²) in [5, 5.41) is 16.1. The number of aliphatic hydroxyl groups is 1. The molecular weight excluding hydrogens is 299 g/mol. The van der Waals surface area contributed by atoms with Crippen LogP contribution in [0.3, 0.4) is 0 Å². The van der Waals surface area contributed by atoms with Crippen LogP contribution in [0.4, 0.5) is 10.1 Å². The second-order valence-electron chi connectivity index (χ2n) is 6.60. The molecule has 1 amide bonds. The summed E-state index contributed by atoms with van der Waals surface area (Å²) in [6.07, 6.45) is 1.47. The molecule has 1 aromatic carbocycles. The van der Waals surface area contributed by atoms with Crippen LogP contribution in [0.2, 0.25) is 0 Å². The van der Waals surface area contributed by atoms with E-state index in [1.165, 1.54) is 6.07 Å². The molecule has 1 aliphatic carbocycles. The third-order valence-electron chi connectivity index (χ3n) is 4.60.